The van der Waals surface area contributed by atoms with Crippen LogP contribution in [-0.4, -0.2) is 13.0 Å². The van der Waals surface area contributed by atoms with Crippen molar-refractivity contribution in [2.24, 2.45) is 0 Å². The first-order valence-corrected chi connectivity index (χ1v) is 8.42. The molecule has 4 nitrogen and oxygen atoms in total. The van der Waals surface area contributed by atoms with Crippen molar-refractivity contribution in [1.82, 2.24) is 5.32 Å². The first kappa shape index (κ1) is 17.5. The first-order valence-electron chi connectivity index (χ1n) is 8.42. The number of hydrogen-bond acceptors (Lipinski definition) is 3. The van der Waals surface area contributed by atoms with E-state index in [4.69, 9.17) is 9.47 Å². The summed E-state index contributed by atoms with van der Waals surface area (Å²) in [5, 5.41) is 2.91. The lowest BCUT2D eigenvalue weighted by Gasteiger charge is -2.09. The number of carbonyl (C=O) groups is 1. The quantitative estimate of drug-likeness (QED) is 0.697. The number of hydrogen-bond donors (Lipinski definition) is 1. The topological polar surface area (TPSA) is 47.6 Å². The van der Waals surface area contributed by atoms with Gasteiger partial charge in [0.2, 0.25) is 0 Å². The molecule has 26 heavy (non-hydrogen) atoms. The van der Waals surface area contributed by atoms with Crippen LogP contribution in [0.3, 0.4) is 0 Å². The number of rotatable bonds is 7. The van der Waals surface area contributed by atoms with E-state index in [1.807, 2.05) is 60.7 Å². The first-order chi connectivity index (χ1) is 12.7. The summed E-state index contributed by atoms with van der Waals surface area (Å²) in [4.78, 5) is 12.2. The maximum Gasteiger partial charge on any atom is 0.251 e. The minimum Gasteiger partial charge on any atom is -0.497 e. The molecule has 0 aliphatic heterocycles. The molecule has 0 unspecified atom stereocenters. The molecule has 0 spiro atoms. The Kier molecular flexibility index (Phi) is 5.88. The molecule has 132 valence electrons. The van der Waals surface area contributed by atoms with Gasteiger partial charge in [-0.05, 0) is 41.5 Å². The number of carbonyl (C=O) groups excluding carboxylic acids is 1. The molecule has 0 saturated carbocycles. The summed E-state index contributed by atoms with van der Waals surface area (Å²) < 4.78 is 10.9. The summed E-state index contributed by atoms with van der Waals surface area (Å²) in [6.07, 6.45) is 0. The van der Waals surface area contributed by atoms with Gasteiger partial charge in [0.05, 0.1) is 7.11 Å². The molecule has 0 aromatic heterocycles. The number of methoxy groups -OCH3 is 1. The van der Waals surface area contributed by atoms with Gasteiger partial charge in [-0.1, -0.05) is 48.5 Å². The van der Waals surface area contributed by atoms with Gasteiger partial charge in [-0.3, -0.25) is 4.79 Å². The van der Waals surface area contributed by atoms with E-state index < -0.39 is 0 Å². The van der Waals surface area contributed by atoms with E-state index in [1.54, 1.807) is 25.3 Å². The standard InChI is InChI=1S/C22H21NO3/c1-25-21-9-5-8-19(14-21)22(24)23-15-17-10-12-20(13-11-17)26-16-18-6-3-2-4-7-18/h2-14H,15-16H2,1H3,(H,23,24). The zero-order valence-electron chi connectivity index (χ0n) is 14.6. The van der Waals surface area contributed by atoms with E-state index in [1.165, 1.54) is 0 Å². The fraction of sp³-hybridized carbons (Fsp3) is 0.136. The number of benzene rings is 3. The predicted octanol–water partition coefficient (Wildman–Crippen LogP) is 4.20. The SMILES string of the molecule is COc1cccc(C(=O)NCc2ccc(OCc3ccccc3)cc2)c1. The van der Waals surface area contributed by atoms with Crippen molar-refractivity contribution >= 4 is 5.91 Å². The van der Waals surface area contributed by atoms with Crippen molar-refractivity contribution in [3.63, 3.8) is 0 Å². The zero-order valence-corrected chi connectivity index (χ0v) is 14.6. The molecule has 3 aromatic rings. The summed E-state index contributed by atoms with van der Waals surface area (Å²) >= 11 is 0. The smallest absolute Gasteiger partial charge is 0.251 e. The van der Waals surface area contributed by atoms with Crippen LogP contribution in [0.5, 0.6) is 11.5 Å². The third-order valence-electron chi connectivity index (χ3n) is 3.96. The van der Waals surface area contributed by atoms with Crippen molar-refractivity contribution in [1.29, 1.82) is 0 Å². The Bertz CT molecular complexity index is 845. The van der Waals surface area contributed by atoms with Crippen LogP contribution in [0, 0.1) is 0 Å². The van der Waals surface area contributed by atoms with Gasteiger partial charge in [0.1, 0.15) is 18.1 Å². The normalized spacial score (nSPS) is 10.2. The van der Waals surface area contributed by atoms with Crippen LogP contribution in [0.1, 0.15) is 21.5 Å². The van der Waals surface area contributed by atoms with Crippen LogP contribution in [-0.2, 0) is 13.2 Å². The van der Waals surface area contributed by atoms with E-state index in [0.29, 0.717) is 24.5 Å². The van der Waals surface area contributed by atoms with Crippen molar-refractivity contribution in [2.75, 3.05) is 7.11 Å². The third kappa shape index (κ3) is 4.86. The molecule has 0 bridgehead atoms. The molecular formula is C22H21NO3. The summed E-state index contributed by atoms with van der Waals surface area (Å²) in [5.74, 6) is 1.34. The van der Waals surface area contributed by atoms with E-state index in [2.05, 4.69) is 5.32 Å². The van der Waals surface area contributed by atoms with Gasteiger partial charge in [0, 0.05) is 12.1 Å². The molecule has 3 rings (SSSR count). The number of nitrogens with one attached hydrogen (secondary N) is 1. The maximum absolute atomic E-state index is 12.2. The lowest BCUT2D eigenvalue weighted by Crippen LogP contribution is -2.22. The molecule has 1 amide bonds. The van der Waals surface area contributed by atoms with Gasteiger partial charge < -0.3 is 14.8 Å². The van der Waals surface area contributed by atoms with E-state index >= 15 is 0 Å². The molecule has 1 N–H and O–H groups in total. The third-order valence-corrected chi connectivity index (χ3v) is 3.96. The molecule has 0 aliphatic carbocycles. The minimum absolute atomic E-state index is 0.131. The molecule has 0 fully saturated rings. The number of ether oxygens (including phenoxy) is 2. The van der Waals surface area contributed by atoms with Crippen LogP contribution in [0.2, 0.25) is 0 Å². The Balaban J connectivity index is 1.51. The monoisotopic (exact) mass is 347 g/mol. The van der Waals surface area contributed by atoms with Crippen LogP contribution >= 0.6 is 0 Å². The van der Waals surface area contributed by atoms with Crippen molar-refractivity contribution in [2.45, 2.75) is 13.2 Å². The molecule has 0 heterocycles. The molecule has 4 heteroatoms. The van der Waals surface area contributed by atoms with Crippen molar-refractivity contribution in [3.8, 4) is 11.5 Å². The van der Waals surface area contributed by atoms with Crippen molar-refractivity contribution < 1.29 is 14.3 Å². The maximum atomic E-state index is 12.2. The zero-order chi connectivity index (χ0) is 18.2. The second kappa shape index (κ2) is 8.72. The summed E-state index contributed by atoms with van der Waals surface area (Å²) in [6.45, 7) is 0.988. The second-order valence-electron chi connectivity index (χ2n) is 5.83. The molecular weight excluding hydrogens is 326 g/mol. The molecule has 0 atom stereocenters. The lowest BCUT2D eigenvalue weighted by molar-refractivity contribution is 0.0950. The Morgan fingerprint density at radius 2 is 1.62 bits per heavy atom. The fourth-order valence-corrected chi connectivity index (χ4v) is 2.49. The minimum atomic E-state index is -0.131. The highest BCUT2D eigenvalue weighted by Gasteiger charge is 2.06. The van der Waals surface area contributed by atoms with E-state index in [-0.39, 0.29) is 5.91 Å². The average molecular weight is 347 g/mol. The van der Waals surface area contributed by atoms with E-state index in [9.17, 15) is 4.79 Å². The summed E-state index contributed by atoms with van der Waals surface area (Å²) in [6, 6.07) is 24.8. The highest BCUT2D eigenvalue weighted by atomic mass is 16.5. The Morgan fingerprint density at radius 3 is 2.35 bits per heavy atom. The lowest BCUT2D eigenvalue weighted by atomic mass is 10.2. The largest absolute Gasteiger partial charge is 0.497 e. The van der Waals surface area contributed by atoms with Gasteiger partial charge >= 0.3 is 0 Å². The highest BCUT2D eigenvalue weighted by molar-refractivity contribution is 5.94. The van der Waals surface area contributed by atoms with Crippen molar-refractivity contribution in [3.05, 3.63) is 95.6 Å². The van der Waals surface area contributed by atoms with Crippen LogP contribution in [0.15, 0.2) is 78.9 Å². The van der Waals surface area contributed by atoms with Gasteiger partial charge in [-0.2, -0.15) is 0 Å². The van der Waals surface area contributed by atoms with Gasteiger partial charge in [-0.15, -0.1) is 0 Å². The van der Waals surface area contributed by atoms with Crippen LogP contribution in [0.25, 0.3) is 0 Å². The number of amides is 1. The predicted molar refractivity (Wildman–Crippen MR) is 101 cm³/mol. The Labute approximate surface area is 153 Å². The molecule has 0 saturated heterocycles. The molecule has 0 radical (unpaired) electrons. The Morgan fingerprint density at radius 1 is 0.846 bits per heavy atom. The van der Waals surface area contributed by atoms with Crippen LogP contribution < -0.4 is 14.8 Å². The van der Waals surface area contributed by atoms with Gasteiger partial charge in [0.25, 0.3) is 5.91 Å². The highest BCUT2D eigenvalue weighted by Crippen LogP contribution is 2.15. The summed E-state index contributed by atoms with van der Waals surface area (Å²) in [7, 11) is 1.58. The second-order valence-corrected chi connectivity index (χ2v) is 5.83. The van der Waals surface area contributed by atoms with E-state index in [0.717, 1.165) is 16.9 Å². The summed E-state index contributed by atoms with van der Waals surface area (Å²) in [5.41, 5.74) is 2.71. The average Bonchev–Trinajstić information content (AvgIpc) is 2.72. The fourth-order valence-electron chi connectivity index (χ4n) is 2.49. The van der Waals surface area contributed by atoms with Gasteiger partial charge in [-0.25, -0.2) is 0 Å². The molecule has 0 aliphatic rings. The molecule has 3 aromatic carbocycles. The Hall–Kier alpha value is -3.27. The van der Waals surface area contributed by atoms with Gasteiger partial charge in [0.15, 0.2) is 0 Å². The van der Waals surface area contributed by atoms with Crippen LogP contribution in [0.4, 0.5) is 0 Å².